The van der Waals surface area contributed by atoms with Gasteiger partial charge in [0.2, 0.25) is 0 Å². The van der Waals surface area contributed by atoms with Crippen LogP contribution in [0.4, 0.5) is 0 Å². The van der Waals surface area contributed by atoms with Crippen LogP contribution in [0.1, 0.15) is 58.3 Å². The van der Waals surface area contributed by atoms with Crippen molar-refractivity contribution >= 4 is 18.1 Å². The summed E-state index contributed by atoms with van der Waals surface area (Å²) in [5.41, 5.74) is 0. The number of aliphatic hydroxyl groups excluding tert-OH is 1. The number of unbranched alkanes of at least 4 members (excludes halogenated alkanes) is 7. The molecule has 0 saturated heterocycles. The predicted molar refractivity (Wildman–Crippen MR) is 83.0 cm³/mol. The molecule has 0 aliphatic carbocycles. The fourth-order valence-electron chi connectivity index (χ4n) is 1.74. The third-order valence-electron chi connectivity index (χ3n) is 2.86. The average Bonchev–Trinajstić information content (AvgIpc) is 2.38. The van der Waals surface area contributed by atoms with E-state index < -0.39 is 24.0 Å². The highest BCUT2D eigenvalue weighted by Gasteiger charge is 2.24. The fraction of sp³-hybridized carbons (Fsp3) is 1.00. The van der Waals surface area contributed by atoms with Gasteiger partial charge in [0.05, 0.1) is 12.9 Å². The van der Waals surface area contributed by atoms with E-state index in [0.29, 0.717) is 6.61 Å². The quantitative estimate of drug-likeness (QED) is 0.296. The normalized spacial score (nSPS) is 14.1. The zero-order valence-corrected chi connectivity index (χ0v) is 14.7. The van der Waals surface area contributed by atoms with Gasteiger partial charge in [-0.05, 0) is 17.4 Å². The van der Waals surface area contributed by atoms with Crippen molar-refractivity contribution in [2.45, 2.75) is 64.1 Å². The second kappa shape index (κ2) is 12.5. The molecule has 2 atom stereocenters. The second-order valence-electron chi connectivity index (χ2n) is 5.10. The zero-order chi connectivity index (χ0) is 16.1. The number of rotatable bonds is 14. The summed E-state index contributed by atoms with van der Waals surface area (Å²) in [6, 6.07) is 0. The van der Waals surface area contributed by atoms with Gasteiger partial charge in [0.1, 0.15) is 6.61 Å². The monoisotopic (exact) mass is 343 g/mol. The highest BCUT2D eigenvalue weighted by molar-refractivity contribution is 7.85. The van der Waals surface area contributed by atoms with E-state index in [4.69, 9.17) is 9.63 Å². The first-order valence-corrected chi connectivity index (χ1v) is 10.5. The maximum Gasteiger partial charge on any atom is 0.539 e. The van der Waals surface area contributed by atoms with Gasteiger partial charge in [-0.3, -0.25) is 4.18 Å². The van der Waals surface area contributed by atoms with Crippen LogP contribution in [0, 0.1) is 0 Å². The Morgan fingerprint density at radius 2 is 1.38 bits per heavy atom. The van der Waals surface area contributed by atoms with Crippen LogP contribution < -0.4 is 0 Å². The molecule has 0 amide bonds. The van der Waals surface area contributed by atoms with Crippen LogP contribution in [0.25, 0.3) is 0 Å². The Morgan fingerprint density at radius 1 is 0.952 bits per heavy atom. The average molecular weight is 343 g/mol. The molecule has 0 aromatic rings. The van der Waals surface area contributed by atoms with Crippen LogP contribution in [-0.4, -0.2) is 38.8 Å². The Kier molecular flexibility index (Phi) is 12.4. The largest absolute Gasteiger partial charge is 0.539 e. The molecule has 2 unspecified atom stereocenters. The summed E-state index contributed by atoms with van der Waals surface area (Å²) >= 11 is 0. The van der Waals surface area contributed by atoms with E-state index in [1.807, 2.05) is 0 Å². The van der Waals surface area contributed by atoms with Crippen LogP contribution in [0.2, 0.25) is 0 Å². The van der Waals surface area contributed by atoms with Crippen molar-refractivity contribution < 1.29 is 26.8 Å². The van der Waals surface area contributed by atoms with Crippen LogP contribution in [0.5, 0.6) is 0 Å². The summed E-state index contributed by atoms with van der Waals surface area (Å²) in [6.07, 6.45) is 9.15. The van der Waals surface area contributed by atoms with Crippen LogP contribution in [-0.2, 0) is 23.4 Å². The Bertz CT molecular complexity index is 369. The third kappa shape index (κ3) is 16.1. The minimum absolute atomic E-state index is 0.275. The maximum absolute atomic E-state index is 11.1. The molecule has 0 bridgehead atoms. The number of hydrogen-bond acceptors (Lipinski definition) is 6. The first-order chi connectivity index (χ1) is 9.83. The minimum Gasteiger partial charge on any atom is -0.349 e. The first kappa shape index (κ1) is 20.9. The molecule has 1 N–H and O–H groups in total. The van der Waals surface area contributed by atoms with E-state index in [1.54, 1.807) is 0 Å². The summed E-state index contributed by atoms with van der Waals surface area (Å²) < 4.78 is 42.2. The van der Waals surface area contributed by atoms with Gasteiger partial charge in [-0.15, -0.1) is 4.52 Å². The fourth-order valence-corrected chi connectivity index (χ4v) is 2.68. The van der Waals surface area contributed by atoms with Crippen molar-refractivity contribution in [2.75, 3.05) is 19.5 Å². The molecule has 0 heterocycles. The summed E-state index contributed by atoms with van der Waals surface area (Å²) in [5, 5.41) is 8.98. The van der Waals surface area contributed by atoms with Crippen molar-refractivity contribution in [3.8, 4) is 0 Å². The van der Waals surface area contributed by atoms with Crippen LogP contribution >= 0.6 is 8.03 Å². The molecule has 0 aliphatic rings. The van der Waals surface area contributed by atoms with E-state index in [9.17, 15) is 13.0 Å². The lowest BCUT2D eigenvalue weighted by molar-refractivity contribution is 0.230. The molecule has 0 aromatic carbocycles. The van der Waals surface area contributed by atoms with Crippen molar-refractivity contribution in [1.82, 2.24) is 0 Å². The number of hydrogen-bond donors (Lipinski definition) is 1. The molecule has 0 spiro atoms. The van der Waals surface area contributed by atoms with E-state index in [1.165, 1.54) is 6.92 Å². The van der Waals surface area contributed by atoms with Gasteiger partial charge in [0, 0.05) is 6.92 Å². The van der Waals surface area contributed by atoms with Gasteiger partial charge in [-0.2, -0.15) is 8.42 Å². The lowest BCUT2D eigenvalue weighted by Crippen LogP contribution is -2.03. The molecule has 0 saturated carbocycles. The molecule has 0 rings (SSSR count). The Morgan fingerprint density at radius 3 is 1.81 bits per heavy atom. The highest BCUT2D eigenvalue weighted by Crippen LogP contribution is 2.27. The van der Waals surface area contributed by atoms with E-state index in [-0.39, 0.29) is 6.61 Å². The minimum atomic E-state index is -3.29. The summed E-state index contributed by atoms with van der Waals surface area (Å²) in [5.74, 6) is -0.897. The van der Waals surface area contributed by atoms with Crippen molar-refractivity contribution in [3.63, 3.8) is 0 Å². The van der Waals surface area contributed by atoms with Gasteiger partial charge in [0.15, 0.2) is 0 Å². The molecule has 0 fully saturated rings. The molecule has 0 aliphatic heterocycles. The van der Waals surface area contributed by atoms with Crippen molar-refractivity contribution in [2.24, 2.45) is 0 Å². The van der Waals surface area contributed by atoms with Gasteiger partial charge in [-0.1, -0.05) is 38.5 Å². The molecule has 126 valence electrons. The highest BCUT2D eigenvalue weighted by atomic mass is 32.2. The SMILES string of the molecule is CC(O)[P+](=O)OCCCCCCCCCCOS(C)(=O)=O. The number of aliphatic hydroxyl groups is 1. The molecule has 0 aromatic heterocycles. The zero-order valence-electron chi connectivity index (χ0n) is 13.0. The molecule has 6 nitrogen and oxygen atoms in total. The smallest absolute Gasteiger partial charge is 0.349 e. The van der Waals surface area contributed by atoms with Crippen LogP contribution in [0.15, 0.2) is 0 Å². The molecule has 21 heavy (non-hydrogen) atoms. The Labute approximate surface area is 129 Å². The Hall–Kier alpha value is -0.0700. The summed E-state index contributed by atoms with van der Waals surface area (Å²) in [7, 11) is -5.23. The van der Waals surface area contributed by atoms with Crippen LogP contribution in [0.3, 0.4) is 0 Å². The lowest BCUT2D eigenvalue weighted by atomic mass is 10.1. The van der Waals surface area contributed by atoms with Gasteiger partial charge in [0.25, 0.3) is 16.0 Å². The van der Waals surface area contributed by atoms with E-state index in [0.717, 1.165) is 57.6 Å². The second-order valence-corrected chi connectivity index (χ2v) is 8.33. The summed E-state index contributed by atoms with van der Waals surface area (Å²) in [6.45, 7) is 2.17. The van der Waals surface area contributed by atoms with E-state index >= 15 is 0 Å². The Balaban J connectivity index is 3.18. The molecule has 8 heteroatoms. The summed E-state index contributed by atoms with van der Waals surface area (Å²) in [4.78, 5) is 0. The molecule has 0 radical (unpaired) electrons. The topological polar surface area (TPSA) is 89.9 Å². The maximum atomic E-state index is 11.1. The van der Waals surface area contributed by atoms with Gasteiger partial charge >= 0.3 is 8.03 Å². The van der Waals surface area contributed by atoms with Crippen molar-refractivity contribution in [3.05, 3.63) is 0 Å². The van der Waals surface area contributed by atoms with E-state index in [2.05, 4.69) is 4.18 Å². The van der Waals surface area contributed by atoms with Gasteiger partial charge in [-0.25, -0.2) is 0 Å². The molecular weight excluding hydrogens is 315 g/mol. The van der Waals surface area contributed by atoms with Gasteiger partial charge < -0.3 is 5.11 Å². The first-order valence-electron chi connectivity index (χ1n) is 7.44. The third-order valence-corrected chi connectivity index (χ3v) is 4.50. The predicted octanol–water partition coefficient (Wildman–Crippen LogP) is 3.18. The van der Waals surface area contributed by atoms with Crippen molar-refractivity contribution in [1.29, 1.82) is 0 Å². The molecular formula is C13H28O6PS+. The lowest BCUT2D eigenvalue weighted by Gasteiger charge is -2.02. The standard InChI is InChI=1S/C13H28O6PS/c1-13(14)20(15)18-11-9-7-5-3-4-6-8-10-12-19-21(2,16)17/h13-14H,3-12H2,1-2H3/q+1.